The Balaban J connectivity index is 1.82. The van der Waals surface area contributed by atoms with Crippen molar-refractivity contribution in [1.82, 2.24) is 14.5 Å². The molecule has 1 N–H and O–H groups in total. The van der Waals surface area contributed by atoms with E-state index >= 15 is 0 Å². The van der Waals surface area contributed by atoms with Gasteiger partial charge in [0, 0.05) is 30.2 Å². The molecule has 0 radical (unpaired) electrons. The summed E-state index contributed by atoms with van der Waals surface area (Å²) in [5.74, 6) is -0.329. The molecule has 3 rings (SSSR count). The van der Waals surface area contributed by atoms with Gasteiger partial charge < -0.3 is 15.0 Å². The van der Waals surface area contributed by atoms with Crippen LogP contribution in [-0.2, 0) is 21.2 Å². The Labute approximate surface area is 195 Å². The number of carbonyl (C=O) groups excluding carboxylic acids is 1. The van der Waals surface area contributed by atoms with Crippen molar-refractivity contribution < 1.29 is 17.9 Å². The zero-order valence-electron chi connectivity index (χ0n) is 18.7. The molecule has 0 bridgehead atoms. The van der Waals surface area contributed by atoms with E-state index in [9.17, 15) is 13.2 Å². The van der Waals surface area contributed by atoms with Crippen LogP contribution in [0.15, 0.2) is 47.4 Å². The van der Waals surface area contributed by atoms with E-state index in [4.69, 9.17) is 16.3 Å². The van der Waals surface area contributed by atoms with Gasteiger partial charge in [-0.25, -0.2) is 8.42 Å². The Kier molecular flexibility index (Phi) is 8.30. The number of hydrogen-bond acceptors (Lipinski definition) is 5. The third-order valence-corrected chi connectivity index (χ3v) is 7.97. The summed E-state index contributed by atoms with van der Waals surface area (Å²) in [4.78, 5) is 15.1. The minimum Gasteiger partial charge on any atom is -0.379 e. The van der Waals surface area contributed by atoms with Crippen molar-refractivity contribution in [3.63, 3.8) is 0 Å². The average Bonchev–Trinajstić information content (AvgIpc) is 2.80. The average molecular weight is 480 g/mol. The standard InChI is InChI=1S/C23H30ClN3O4S/c1-4-17-9-10-18(15-22(17)32(29,30)27-11-13-31-14-12-27)23(28)25-16-21(26(2)3)19-7-5-6-8-20(19)24/h5-10,15,21H,4,11-14,16H2,1-3H3,(H,25,28). The molecule has 9 heteroatoms. The molecular weight excluding hydrogens is 450 g/mol. The van der Waals surface area contributed by atoms with Gasteiger partial charge in [-0.15, -0.1) is 0 Å². The largest absolute Gasteiger partial charge is 0.379 e. The van der Waals surface area contributed by atoms with Gasteiger partial charge in [-0.1, -0.05) is 42.8 Å². The van der Waals surface area contributed by atoms with Crippen LogP contribution in [-0.4, -0.2) is 70.5 Å². The molecule has 2 aromatic carbocycles. The van der Waals surface area contributed by atoms with Gasteiger partial charge in [0.05, 0.1) is 24.2 Å². The molecular formula is C23H30ClN3O4S. The van der Waals surface area contributed by atoms with Crippen LogP contribution >= 0.6 is 11.6 Å². The normalized spacial score (nSPS) is 16.2. The second kappa shape index (κ2) is 10.8. The SMILES string of the molecule is CCc1ccc(C(=O)NCC(c2ccccc2Cl)N(C)C)cc1S(=O)(=O)N1CCOCC1. The molecule has 0 spiro atoms. The number of amides is 1. The highest BCUT2D eigenvalue weighted by molar-refractivity contribution is 7.89. The van der Waals surface area contributed by atoms with E-state index < -0.39 is 10.0 Å². The predicted octanol–water partition coefficient (Wildman–Crippen LogP) is 2.96. The highest BCUT2D eigenvalue weighted by atomic mass is 35.5. The van der Waals surface area contributed by atoms with Gasteiger partial charge in [0.25, 0.3) is 5.91 Å². The third kappa shape index (κ3) is 5.50. The lowest BCUT2D eigenvalue weighted by molar-refractivity contribution is 0.0730. The van der Waals surface area contributed by atoms with Gasteiger partial charge in [-0.05, 0) is 49.8 Å². The molecule has 1 unspecified atom stereocenters. The Bertz CT molecular complexity index is 1050. The molecule has 1 saturated heterocycles. The lowest BCUT2D eigenvalue weighted by Crippen LogP contribution is -2.41. The lowest BCUT2D eigenvalue weighted by Gasteiger charge is -2.27. The maximum atomic E-state index is 13.2. The molecule has 7 nitrogen and oxygen atoms in total. The lowest BCUT2D eigenvalue weighted by atomic mass is 10.1. The molecule has 32 heavy (non-hydrogen) atoms. The first kappa shape index (κ1) is 24.7. The highest BCUT2D eigenvalue weighted by Gasteiger charge is 2.29. The first-order chi connectivity index (χ1) is 15.3. The van der Waals surface area contributed by atoms with E-state index in [1.54, 1.807) is 12.1 Å². The number of nitrogens with zero attached hydrogens (tertiary/aromatic N) is 2. The fraction of sp³-hybridized carbons (Fsp3) is 0.435. The molecule has 0 saturated carbocycles. The van der Waals surface area contributed by atoms with Crippen LogP contribution in [0.5, 0.6) is 0 Å². The minimum atomic E-state index is -3.71. The van der Waals surface area contributed by atoms with E-state index in [0.29, 0.717) is 55.4 Å². The summed E-state index contributed by atoms with van der Waals surface area (Å²) in [5.41, 5.74) is 1.91. The Hall–Kier alpha value is -1.97. The van der Waals surface area contributed by atoms with Crippen molar-refractivity contribution in [2.45, 2.75) is 24.3 Å². The van der Waals surface area contributed by atoms with Crippen molar-refractivity contribution >= 4 is 27.5 Å². The van der Waals surface area contributed by atoms with E-state index in [1.165, 1.54) is 10.4 Å². The molecule has 1 atom stereocenters. The smallest absolute Gasteiger partial charge is 0.251 e. The Morgan fingerprint density at radius 2 is 1.88 bits per heavy atom. The number of rotatable bonds is 8. The summed E-state index contributed by atoms with van der Waals surface area (Å²) in [5, 5.41) is 3.57. The molecule has 1 aliphatic rings. The van der Waals surface area contributed by atoms with Crippen molar-refractivity contribution in [1.29, 1.82) is 0 Å². The molecule has 2 aromatic rings. The maximum Gasteiger partial charge on any atom is 0.251 e. The first-order valence-corrected chi connectivity index (χ1v) is 12.5. The van der Waals surface area contributed by atoms with Crippen LogP contribution in [0, 0.1) is 0 Å². The van der Waals surface area contributed by atoms with Crippen molar-refractivity contribution in [2.75, 3.05) is 46.9 Å². The van der Waals surface area contributed by atoms with Crippen LogP contribution in [0.4, 0.5) is 0 Å². The third-order valence-electron chi connectivity index (χ3n) is 5.64. The first-order valence-electron chi connectivity index (χ1n) is 10.7. The summed E-state index contributed by atoms with van der Waals surface area (Å²) < 4.78 is 33.2. The molecule has 174 valence electrons. The van der Waals surface area contributed by atoms with Gasteiger partial charge in [-0.2, -0.15) is 4.31 Å². The summed E-state index contributed by atoms with van der Waals surface area (Å²) in [6.07, 6.45) is 0.552. The second-order valence-electron chi connectivity index (χ2n) is 7.90. The number of halogens is 1. The minimum absolute atomic E-state index is 0.126. The van der Waals surface area contributed by atoms with Gasteiger partial charge in [0.15, 0.2) is 0 Å². The Morgan fingerprint density at radius 1 is 1.19 bits per heavy atom. The van der Waals surface area contributed by atoms with E-state index in [2.05, 4.69) is 5.32 Å². The molecule has 0 aliphatic carbocycles. The van der Waals surface area contributed by atoms with Crippen molar-refractivity contribution in [3.8, 4) is 0 Å². The quantitative estimate of drug-likeness (QED) is 0.629. The van der Waals surface area contributed by atoms with Crippen LogP contribution in [0.25, 0.3) is 0 Å². The highest BCUT2D eigenvalue weighted by Crippen LogP contribution is 2.26. The number of morpholine rings is 1. The van der Waals surface area contributed by atoms with Gasteiger partial charge in [-0.3, -0.25) is 4.79 Å². The van der Waals surface area contributed by atoms with Crippen LogP contribution in [0.3, 0.4) is 0 Å². The summed E-state index contributed by atoms with van der Waals surface area (Å²) >= 11 is 6.35. The van der Waals surface area contributed by atoms with E-state index in [1.807, 2.05) is 50.2 Å². The number of ether oxygens (including phenoxy) is 1. The zero-order chi connectivity index (χ0) is 23.3. The predicted molar refractivity (Wildman–Crippen MR) is 126 cm³/mol. The summed E-state index contributed by atoms with van der Waals surface area (Å²) in [7, 11) is 0.133. The monoisotopic (exact) mass is 479 g/mol. The number of sulfonamides is 1. The number of carbonyl (C=O) groups is 1. The summed E-state index contributed by atoms with van der Waals surface area (Å²) in [6.45, 7) is 3.59. The van der Waals surface area contributed by atoms with Gasteiger partial charge >= 0.3 is 0 Å². The second-order valence-corrected chi connectivity index (χ2v) is 10.2. The van der Waals surface area contributed by atoms with Crippen LogP contribution < -0.4 is 5.32 Å². The number of likely N-dealkylation sites (N-methyl/N-ethyl adjacent to an activating group) is 1. The number of nitrogens with one attached hydrogen (secondary N) is 1. The fourth-order valence-electron chi connectivity index (χ4n) is 3.76. The molecule has 1 fully saturated rings. The number of hydrogen-bond donors (Lipinski definition) is 1. The van der Waals surface area contributed by atoms with Crippen molar-refractivity contribution in [2.24, 2.45) is 0 Å². The Morgan fingerprint density at radius 3 is 2.50 bits per heavy atom. The van der Waals surface area contributed by atoms with E-state index in [0.717, 1.165) is 5.56 Å². The van der Waals surface area contributed by atoms with Crippen LogP contribution in [0.2, 0.25) is 5.02 Å². The van der Waals surface area contributed by atoms with Gasteiger partial charge in [0.1, 0.15) is 0 Å². The molecule has 1 amide bonds. The van der Waals surface area contributed by atoms with Gasteiger partial charge in [0.2, 0.25) is 10.0 Å². The number of benzene rings is 2. The molecule has 0 aromatic heterocycles. The fourth-order valence-corrected chi connectivity index (χ4v) is 5.75. The van der Waals surface area contributed by atoms with E-state index in [-0.39, 0.29) is 16.8 Å². The number of aryl methyl sites for hydroxylation is 1. The topological polar surface area (TPSA) is 79.0 Å². The maximum absolute atomic E-state index is 13.2. The molecule has 1 aliphatic heterocycles. The molecule has 1 heterocycles. The zero-order valence-corrected chi connectivity index (χ0v) is 20.2. The summed E-state index contributed by atoms with van der Waals surface area (Å²) in [6, 6.07) is 12.3. The van der Waals surface area contributed by atoms with Crippen LogP contribution in [0.1, 0.15) is 34.5 Å². The van der Waals surface area contributed by atoms with Crippen molar-refractivity contribution in [3.05, 3.63) is 64.2 Å².